The zero-order valence-corrected chi connectivity index (χ0v) is 12.8. The molecule has 0 bridgehead atoms. The van der Waals surface area contributed by atoms with Gasteiger partial charge in [-0.2, -0.15) is 0 Å². The van der Waals surface area contributed by atoms with Crippen LogP contribution in [0.15, 0.2) is 30.3 Å². The summed E-state index contributed by atoms with van der Waals surface area (Å²) in [5.74, 6) is 0. The maximum Gasteiger partial charge on any atom is 0.125 e. The Labute approximate surface area is 123 Å². The standard InChI is InChI=1S/C17H29NO2/c1-3-4-5-7-10-15(2)20-14-17(19,13-18)16-11-8-6-9-12-16/h6,8-9,11-12,15,19H,3-5,7,10,13-14,18H2,1-2H3. The number of aliphatic hydroxyl groups is 1. The number of ether oxygens (including phenoxy) is 1. The molecule has 2 unspecified atom stereocenters. The summed E-state index contributed by atoms with van der Waals surface area (Å²) in [5.41, 5.74) is 5.47. The molecule has 0 amide bonds. The highest BCUT2D eigenvalue weighted by molar-refractivity contribution is 5.22. The molecule has 1 rings (SSSR count). The fraction of sp³-hybridized carbons (Fsp3) is 0.647. The highest BCUT2D eigenvalue weighted by Crippen LogP contribution is 2.21. The van der Waals surface area contributed by atoms with E-state index in [-0.39, 0.29) is 19.3 Å². The van der Waals surface area contributed by atoms with E-state index in [9.17, 15) is 5.11 Å². The monoisotopic (exact) mass is 279 g/mol. The molecule has 0 saturated heterocycles. The molecule has 0 aromatic heterocycles. The Bertz CT molecular complexity index is 355. The van der Waals surface area contributed by atoms with E-state index < -0.39 is 5.60 Å². The maximum atomic E-state index is 10.6. The summed E-state index contributed by atoms with van der Waals surface area (Å²) in [4.78, 5) is 0. The van der Waals surface area contributed by atoms with E-state index in [1.165, 1.54) is 25.7 Å². The molecule has 0 radical (unpaired) electrons. The zero-order chi connectivity index (χ0) is 14.8. The van der Waals surface area contributed by atoms with Crippen molar-refractivity contribution in [1.29, 1.82) is 0 Å². The molecule has 0 aliphatic carbocycles. The Morgan fingerprint density at radius 2 is 1.90 bits per heavy atom. The minimum Gasteiger partial charge on any atom is -0.381 e. The molecule has 0 fully saturated rings. The van der Waals surface area contributed by atoms with E-state index in [1.807, 2.05) is 30.3 Å². The van der Waals surface area contributed by atoms with Crippen LogP contribution in [0.1, 0.15) is 51.5 Å². The van der Waals surface area contributed by atoms with E-state index in [2.05, 4.69) is 13.8 Å². The summed E-state index contributed by atoms with van der Waals surface area (Å²) >= 11 is 0. The topological polar surface area (TPSA) is 55.5 Å². The summed E-state index contributed by atoms with van der Waals surface area (Å²) in [5, 5.41) is 10.6. The average molecular weight is 279 g/mol. The first-order valence-corrected chi connectivity index (χ1v) is 7.72. The third-order valence-electron chi connectivity index (χ3n) is 3.72. The number of hydrogen-bond acceptors (Lipinski definition) is 3. The third kappa shape index (κ3) is 5.61. The fourth-order valence-electron chi connectivity index (χ4n) is 2.23. The fourth-order valence-corrected chi connectivity index (χ4v) is 2.23. The van der Waals surface area contributed by atoms with Gasteiger partial charge in [0.2, 0.25) is 0 Å². The predicted octanol–water partition coefficient (Wildman–Crippen LogP) is 3.21. The molecular formula is C17H29NO2. The van der Waals surface area contributed by atoms with E-state index in [0.717, 1.165) is 12.0 Å². The van der Waals surface area contributed by atoms with Crippen molar-refractivity contribution in [1.82, 2.24) is 0 Å². The Hall–Kier alpha value is -0.900. The van der Waals surface area contributed by atoms with Gasteiger partial charge in [-0.1, -0.05) is 62.9 Å². The van der Waals surface area contributed by atoms with Gasteiger partial charge in [-0.15, -0.1) is 0 Å². The molecule has 20 heavy (non-hydrogen) atoms. The second-order valence-corrected chi connectivity index (χ2v) is 5.57. The molecular weight excluding hydrogens is 250 g/mol. The molecule has 3 heteroatoms. The smallest absolute Gasteiger partial charge is 0.125 e. The van der Waals surface area contributed by atoms with Gasteiger partial charge in [-0.3, -0.25) is 0 Å². The lowest BCUT2D eigenvalue weighted by molar-refractivity contribution is -0.0696. The van der Waals surface area contributed by atoms with Crippen molar-refractivity contribution >= 4 is 0 Å². The van der Waals surface area contributed by atoms with Crippen LogP contribution in [0, 0.1) is 0 Å². The van der Waals surface area contributed by atoms with Gasteiger partial charge in [0.1, 0.15) is 5.60 Å². The first-order chi connectivity index (χ1) is 9.62. The average Bonchev–Trinajstić information content (AvgIpc) is 2.50. The third-order valence-corrected chi connectivity index (χ3v) is 3.72. The number of unbranched alkanes of at least 4 members (excludes halogenated alkanes) is 3. The lowest BCUT2D eigenvalue weighted by atomic mass is 9.95. The lowest BCUT2D eigenvalue weighted by Gasteiger charge is -2.28. The summed E-state index contributed by atoms with van der Waals surface area (Å²) < 4.78 is 5.80. The number of rotatable bonds is 10. The lowest BCUT2D eigenvalue weighted by Crippen LogP contribution is -2.40. The van der Waals surface area contributed by atoms with Gasteiger partial charge in [0.05, 0.1) is 12.7 Å². The Balaban J connectivity index is 2.41. The summed E-state index contributed by atoms with van der Waals surface area (Å²) in [6.07, 6.45) is 6.16. The minimum atomic E-state index is -1.08. The Morgan fingerprint density at radius 3 is 2.50 bits per heavy atom. The Kier molecular flexibility index (Phi) is 7.82. The number of benzene rings is 1. The molecule has 0 heterocycles. The second kappa shape index (κ2) is 9.11. The number of nitrogens with two attached hydrogens (primary N) is 1. The molecule has 0 aliphatic heterocycles. The largest absolute Gasteiger partial charge is 0.381 e. The van der Waals surface area contributed by atoms with Gasteiger partial charge in [0.25, 0.3) is 0 Å². The van der Waals surface area contributed by atoms with Gasteiger partial charge in [0.15, 0.2) is 0 Å². The molecule has 0 spiro atoms. The van der Waals surface area contributed by atoms with Gasteiger partial charge < -0.3 is 15.6 Å². The Morgan fingerprint density at radius 1 is 1.20 bits per heavy atom. The molecule has 3 nitrogen and oxygen atoms in total. The van der Waals surface area contributed by atoms with Crippen LogP contribution in [0.2, 0.25) is 0 Å². The van der Waals surface area contributed by atoms with Crippen LogP contribution >= 0.6 is 0 Å². The second-order valence-electron chi connectivity index (χ2n) is 5.57. The quantitative estimate of drug-likeness (QED) is 0.647. The highest BCUT2D eigenvalue weighted by atomic mass is 16.5. The minimum absolute atomic E-state index is 0.161. The molecule has 114 valence electrons. The molecule has 1 aromatic carbocycles. The van der Waals surface area contributed by atoms with Crippen LogP contribution in [-0.4, -0.2) is 24.4 Å². The van der Waals surface area contributed by atoms with Crippen molar-refractivity contribution in [2.45, 2.75) is 57.7 Å². The van der Waals surface area contributed by atoms with E-state index in [0.29, 0.717) is 0 Å². The van der Waals surface area contributed by atoms with Gasteiger partial charge in [-0.05, 0) is 18.9 Å². The van der Waals surface area contributed by atoms with Gasteiger partial charge in [0, 0.05) is 6.54 Å². The van der Waals surface area contributed by atoms with Crippen molar-refractivity contribution in [3.63, 3.8) is 0 Å². The normalized spacial score (nSPS) is 15.8. The van der Waals surface area contributed by atoms with Crippen molar-refractivity contribution in [3.05, 3.63) is 35.9 Å². The predicted molar refractivity (Wildman–Crippen MR) is 83.6 cm³/mol. The number of hydrogen-bond donors (Lipinski definition) is 2. The molecule has 1 aromatic rings. The van der Waals surface area contributed by atoms with Crippen LogP contribution in [0.4, 0.5) is 0 Å². The first kappa shape index (κ1) is 17.2. The van der Waals surface area contributed by atoms with Crippen LogP contribution < -0.4 is 5.73 Å². The maximum absolute atomic E-state index is 10.6. The van der Waals surface area contributed by atoms with E-state index in [1.54, 1.807) is 0 Å². The summed E-state index contributed by atoms with van der Waals surface area (Å²) in [7, 11) is 0. The van der Waals surface area contributed by atoms with Crippen LogP contribution in [0.25, 0.3) is 0 Å². The van der Waals surface area contributed by atoms with Crippen molar-refractivity contribution in [2.24, 2.45) is 5.73 Å². The van der Waals surface area contributed by atoms with Crippen molar-refractivity contribution < 1.29 is 9.84 Å². The highest BCUT2D eigenvalue weighted by Gasteiger charge is 2.28. The summed E-state index contributed by atoms with van der Waals surface area (Å²) in [6, 6.07) is 9.52. The van der Waals surface area contributed by atoms with Gasteiger partial charge >= 0.3 is 0 Å². The van der Waals surface area contributed by atoms with Crippen LogP contribution in [-0.2, 0) is 10.3 Å². The van der Waals surface area contributed by atoms with Crippen LogP contribution in [0.3, 0.4) is 0 Å². The molecule has 3 N–H and O–H groups in total. The van der Waals surface area contributed by atoms with E-state index >= 15 is 0 Å². The first-order valence-electron chi connectivity index (χ1n) is 7.72. The van der Waals surface area contributed by atoms with Crippen molar-refractivity contribution in [2.75, 3.05) is 13.2 Å². The molecule has 0 aliphatic rings. The molecule has 0 saturated carbocycles. The van der Waals surface area contributed by atoms with Crippen molar-refractivity contribution in [3.8, 4) is 0 Å². The summed E-state index contributed by atoms with van der Waals surface area (Å²) in [6.45, 7) is 4.69. The SMILES string of the molecule is CCCCCCC(C)OCC(O)(CN)c1ccccc1. The van der Waals surface area contributed by atoms with Gasteiger partial charge in [-0.25, -0.2) is 0 Å². The van der Waals surface area contributed by atoms with Crippen LogP contribution in [0.5, 0.6) is 0 Å². The zero-order valence-electron chi connectivity index (χ0n) is 12.8. The molecule has 2 atom stereocenters. The van der Waals surface area contributed by atoms with E-state index in [4.69, 9.17) is 10.5 Å².